The Kier molecular flexibility index (Phi) is 4.83. The largest absolute Gasteiger partial charge is 0.489 e. The molecule has 0 fully saturated rings. The molecule has 2 nitrogen and oxygen atoms in total. The van der Waals surface area contributed by atoms with Crippen molar-refractivity contribution in [3.05, 3.63) is 64.7 Å². The van der Waals surface area contributed by atoms with Crippen molar-refractivity contribution >= 4 is 11.6 Å². The van der Waals surface area contributed by atoms with Crippen LogP contribution in [-0.2, 0) is 13.0 Å². The zero-order valence-electron chi connectivity index (χ0n) is 10.5. The summed E-state index contributed by atoms with van der Waals surface area (Å²) in [4.78, 5) is 0. The molecule has 0 saturated heterocycles. The third-order valence-corrected chi connectivity index (χ3v) is 2.98. The van der Waals surface area contributed by atoms with E-state index in [1.165, 1.54) is 0 Å². The Labute approximate surface area is 118 Å². The van der Waals surface area contributed by atoms with Gasteiger partial charge in [0, 0.05) is 11.4 Å². The minimum Gasteiger partial charge on any atom is -0.489 e. The first-order chi connectivity index (χ1) is 9.28. The van der Waals surface area contributed by atoms with Crippen LogP contribution < -0.4 is 4.74 Å². The van der Waals surface area contributed by atoms with Crippen molar-refractivity contribution in [2.45, 2.75) is 19.4 Å². The molecule has 0 saturated carbocycles. The van der Waals surface area contributed by atoms with Gasteiger partial charge in [-0.1, -0.05) is 35.9 Å². The summed E-state index contributed by atoms with van der Waals surface area (Å²) >= 11 is 5.91. The molecular weight excluding hydrogens is 258 g/mol. The van der Waals surface area contributed by atoms with Gasteiger partial charge in [-0.05, 0) is 41.8 Å². The van der Waals surface area contributed by atoms with Crippen molar-refractivity contribution in [2.24, 2.45) is 0 Å². The number of hydrogen-bond acceptors (Lipinski definition) is 2. The second kappa shape index (κ2) is 6.82. The van der Waals surface area contributed by atoms with Gasteiger partial charge >= 0.3 is 0 Å². The predicted molar refractivity (Wildman–Crippen MR) is 76.2 cm³/mol. The lowest BCUT2D eigenvalue weighted by Gasteiger charge is -2.07. The molecule has 0 aliphatic carbocycles. The highest BCUT2D eigenvalue weighted by Gasteiger charge is 1.98. The highest BCUT2D eigenvalue weighted by molar-refractivity contribution is 6.30. The van der Waals surface area contributed by atoms with Crippen molar-refractivity contribution in [3.8, 4) is 11.8 Å². The van der Waals surface area contributed by atoms with Gasteiger partial charge in [0.2, 0.25) is 0 Å². The van der Waals surface area contributed by atoms with Gasteiger partial charge in [-0.2, -0.15) is 5.26 Å². The average molecular weight is 272 g/mol. The van der Waals surface area contributed by atoms with Crippen molar-refractivity contribution in [3.63, 3.8) is 0 Å². The Hall–Kier alpha value is -1.98. The van der Waals surface area contributed by atoms with Gasteiger partial charge in [0.25, 0.3) is 0 Å². The Morgan fingerprint density at radius 3 is 2.53 bits per heavy atom. The second-order valence-corrected chi connectivity index (χ2v) is 4.66. The standard InChI is InChI=1S/C16H14ClNO/c17-15-5-1-3-14(11-15)12-19-16-8-6-13(7-9-16)4-2-10-18/h1,3,5-9,11H,2,4,12H2. The van der Waals surface area contributed by atoms with Gasteiger partial charge in [0.1, 0.15) is 12.4 Å². The fraction of sp³-hybridized carbons (Fsp3) is 0.188. The van der Waals surface area contributed by atoms with E-state index in [1.807, 2.05) is 48.5 Å². The maximum atomic E-state index is 8.53. The van der Waals surface area contributed by atoms with Crippen LogP contribution in [0.3, 0.4) is 0 Å². The van der Waals surface area contributed by atoms with Gasteiger partial charge < -0.3 is 4.74 Å². The van der Waals surface area contributed by atoms with Crippen LogP contribution in [-0.4, -0.2) is 0 Å². The number of nitrogens with zero attached hydrogens (tertiary/aromatic N) is 1. The van der Waals surface area contributed by atoms with Crippen LogP contribution in [0.4, 0.5) is 0 Å². The number of nitriles is 1. The van der Waals surface area contributed by atoms with Gasteiger partial charge in [0.05, 0.1) is 6.07 Å². The lowest BCUT2D eigenvalue weighted by atomic mass is 10.1. The molecule has 3 heteroatoms. The molecule has 0 radical (unpaired) electrons. The number of hydrogen-bond donors (Lipinski definition) is 0. The highest BCUT2D eigenvalue weighted by atomic mass is 35.5. The molecule has 0 aliphatic heterocycles. The number of benzene rings is 2. The highest BCUT2D eigenvalue weighted by Crippen LogP contribution is 2.16. The maximum Gasteiger partial charge on any atom is 0.119 e. The molecule has 0 amide bonds. The van der Waals surface area contributed by atoms with E-state index in [0.29, 0.717) is 18.1 Å². The summed E-state index contributed by atoms with van der Waals surface area (Å²) in [6.45, 7) is 0.498. The maximum absolute atomic E-state index is 8.53. The van der Waals surface area contributed by atoms with Crippen LogP contribution in [0, 0.1) is 11.3 Å². The molecule has 0 atom stereocenters. The summed E-state index contributed by atoms with van der Waals surface area (Å²) in [5.74, 6) is 0.820. The zero-order chi connectivity index (χ0) is 13.5. The molecule has 2 rings (SSSR count). The molecular formula is C16H14ClNO. The number of rotatable bonds is 5. The Morgan fingerprint density at radius 2 is 1.84 bits per heavy atom. The van der Waals surface area contributed by atoms with E-state index >= 15 is 0 Å². The molecule has 0 spiro atoms. The molecule has 0 aliphatic rings. The SMILES string of the molecule is N#CCCc1ccc(OCc2cccc(Cl)c2)cc1. The van der Waals surface area contributed by atoms with Crippen molar-refractivity contribution in [1.82, 2.24) is 0 Å². The van der Waals surface area contributed by atoms with Crippen LogP contribution in [0.1, 0.15) is 17.5 Å². The van der Waals surface area contributed by atoms with E-state index in [-0.39, 0.29) is 0 Å². The van der Waals surface area contributed by atoms with E-state index in [0.717, 1.165) is 23.3 Å². The van der Waals surface area contributed by atoms with E-state index in [2.05, 4.69) is 6.07 Å². The quantitative estimate of drug-likeness (QED) is 0.809. The number of aryl methyl sites for hydroxylation is 1. The lowest BCUT2D eigenvalue weighted by Crippen LogP contribution is -1.95. The molecule has 2 aromatic carbocycles. The molecule has 0 N–H and O–H groups in total. The van der Waals surface area contributed by atoms with Crippen LogP contribution in [0.15, 0.2) is 48.5 Å². The minimum atomic E-state index is 0.498. The van der Waals surface area contributed by atoms with E-state index in [4.69, 9.17) is 21.6 Å². The third-order valence-electron chi connectivity index (χ3n) is 2.74. The van der Waals surface area contributed by atoms with Gasteiger partial charge in [-0.25, -0.2) is 0 Å². The van der Waals surface area contributed by atoms with E-state index < -0.39 is 0 Å². The zero-order valence-corrected chi connectivity index (χ0v) is 11.2. The average Bonchev–Trinajstić information content (AvgIpc) is 2.44. The van der Waals surface area contributed by atoms with Gasteiger partial charge in [-0.3, -0.25) is 0 Å². The van der Waals surface area contributed by atoms with Gasteiger partial charge in [-0.15, -0.1) is 0 Å². The predicted octanol–water partition coefficient (Wildman–Crippen LogP) is 4.38. The Morgan fingerprint density at radius 1 is 1.05 bits per heavy atom. The number of ether oxygens (including phenoxy) is 1. The summed E-state index contributed by atoms with van der Waals surface area (Å²) in [6, 6.07) is 17.6. The molecule has 0 bridgehead atoms. The summed E-state index contributed by atoms with van der Waals surface area (Å²) in [5, 5.41) is 9.25. The normalized spacial score (nSPS) is 9.89. The molecule has 0 heterocycles. The van der Waals surface area contributed by atoms with Gasteiger partial charge in [0.15, 0.2) is 0 Å². The van der Waals surface area contributed by atoms with Crippen molar-refractivity contribution in [2.75, 3.05) is 0 Å². The smallest absolute Gasteiger partial charge is 0.119 e. The summed E-state index contributed by atoms with van der Waals surface area (Å²) in [6.07, 6.45) is 1.33. The number of halogens is 1. The van der Waals surface area contributed by atoms with Crippen LogP contribution in [0.2, 0.25) is 5.02 Å². The molecule has 0 aromatic heterocycles. The topological polar surface area (TPSA) is 33.0 Å². The fourth-order valence-electron chi connectivity index (χ4n) is 1.75. The van der Waals surface area contributed by atoms with Crippen molar-refractivity contribution in [1.29, 1.82) is 5.26 Å². The van der Waals surface area contributed by atoms with E-state index in [1.54, 1.807) is 0 Å². The lowest BCUT2D eigenvalue weighted by molar-refractivity contribution is 0.306. The summed E-state index contributed by atoms with van der Waals surface area (Å²) in [5.41, 5.74) is 2.19. The third kappa shape index (κ3) is 4.31. The summed E-state index contributed by atoms with van der Waals surface area (Å²) < 4.78 is 5.68. The Balaban J connectivity index is 1.91. The summed E-state index contributed by atoms with van der Waals surface area (Å²) in [7, 11) is 0. The molecule has 2 aromatic rings. The second-order valence-electron chi connectivity index (χ2n) is 4.22. The van der Waals surface area contributed by atoms with Crippen LogP contribution in [0.25, 0.3) is 0 Å². The first-order valence-electron chi connectivity index (χ1n) is 6.11. The fourth-order valence-corrected chi connectivity index (χ4v) is 1.96. The first-order valence-corrected chi connectivity index (χ1v) is 6.49. The molecule has 19 heavy (non-hydrogen) atoms. The monoisotopic (exact) mass is 271 g/mol. The van der Waals surface area contributed by atoms with Crippen molar-refractivity contribution < 1.29 is 4.74 Å². The van der Waals surface area contributed by atoms with Crippen LogP contribution in [0.5, 0.6) is 5.75 Å². The van der Waals surface area contributed by atoms with E-state index in [9.17, 15) is 0 Å². The molecule has 96 valence electrons. The van der Waals surface area contributed by atoms with Crippen LogP contribution >= 0.6 is 11.6 Å². The first kappa shape index (κ1) is 13.5. The molecule has 0 unspecified atom stereocenters. The Bertz CT molecular complexity index is 572. The minimum absolute atomic E-state index is 0.498.